The third-order valence-corrected chi connectivity index (χ3v) is 4.24. The molecule has 138 valence electrons. The average molecular weight is 359 g/mol. The molecule has 1 N–H and O–H groups in total. The number of esters is 1. The van der Waals surface area contributed by atoms with Crippen molar-refractivity contribution >= 4 is 22.8 Å². The molecule has 0 unspecified atom stereocenters. The fourth-order valence-electron chi connectivity index (χ4n) is 3.00. The van der Waals surface area contributed by atoms with Crippen LogP contribution in [0, 0.1) is 0 Å². The summed E-state index contributed by atoms with van der Waals surface area (Å²) in [6.45, 7) is 1.81. The van der Waals surface area contributed by atoms with Gasteiger partial charge in [0.05, 0.1) is 0 Å². The number of rotatable bonds is 7. The number of carbonyl (C=O) groups excluding carboxylic acids is 2. The summed E-state index contributed by atoms with van der Waals surface area (Å²) in [6.07, 6.45) is 3.38. The normalized spacial score (nSPS) is 12.7. The quantitative estimate of drug-likeness (QED) is 0.598. The second-order valence-corrected chi connectivity index (χ2v) is 6.16. The van der Waals surface area contributed by atoms with Crippen molar-refractivity contribution in [2.24, 2.45) is 0 Å². The summed E-state index contributed by atoms with van der Waals surface area (Å²) in [6, 6.07) is 5.15. The van der Waals surface area contributed by atoms with E-state index >= 15 is 0 Å². The topological polar surface area (TPSA) is 94.8 Å². The van der Waals surface area contributed by atoms with Gasteiger partial charge in [0.1, 0.15) is 11.3 Å². The molecule has 2 aromatic rings. The number of aryl methyl sites for hydroxylation is 1. The molecule has 0 radical (unpaired) electrons. The lowest BCUT2D eigenvalue weighted by Crippen LogP contribution is -2.30. The first kappa shape index (κ1) is 18.0. The Morgan fingerprint density at radius 2 is 2.00 bits per heavy atom. The first-order valence-electron chi connectivity index (χ1n) is 8.72. The van der Waals surface area contributed by atoms with Gasteiger partial charge in [0, 0.05) is 23.6 Å². The maximum Gasteiger partial charge on any atom is 0.344 e. The first-order chi connectivity index (χ1) is 12.6. The van der Waals surface area contributed by atoms with E-state index in [0.717, 1.165) is 42.2 Å². The molecular formula is C19H21NO6. The molecule has 1 aliphatic carbocycles. The molecule has 0 fully saturated rings. The molecule has 3 rings (SSSR count). The zero-order chi connectivity index (χ0) is 18.5. The minimum atomic E-state index is -0.646. The molecule has 1 aromatic carbocycles. The third kappa shape index (κ3) is 4.04. The van der Waals surface area contributed by atoms with E-state index in [0.29, 0.717) is 17.9 Å². The number of benzene rings is 1. The zero-order valence-corrected chi connectivity index (χ0v) is 14.6. The average Bonchev–Trinajstić information content (AvgIpc) is 3.13. The maximum atomic E-state index is 12.0. The van der Waals surface area contributed by atoms with Crippen LogP contribution in [-0.2, 0) is 27.2 Å². The van der Waals surface area contributed by atoms with Gasteiger partial charge in [-0.25, -0.2) is 9.59 Å². The molecule has 0 aliphatic heterocycles. The summed E-state index contributed by atoms with van der Waals surface area (Å²) >= 11 is 0. The minimum Gasteiger partial charge on any atom is -0.482 e. The highest BCUT2D eigenvalue weighted by Gasteiger charge is 2.19. The van der Waals surface area contributed by atoms with Gasteiger partial charge >= 0.3 is 11.6 Å². The van der Waals surface area contributed by atoms with Gasteiger partial charge < -0.3 is 19.2 Å². The number of hydrogen-bond donors (Lipinski definition) is 1. The van der Waals surface area contributed by atoms with Gasteiger partial charge in [0.25, 0.3) is 5.91 Å². The van der Waals surface area contributed by atoms with Crippen LogP contribution in [0.15, 0.2) is 27.4 Å². The second kappa shape index (κ2) is 8.03. The van der Waals surface area contributed by atoms with Crippen LogP contribution in [0.5, 0.6) is 5.75 Å². The monoisotopic (exact) mass is 359 g/mol. The molecule has 0 saturated carbocycles. The molecule has 0 spiro atoms. The number of ether oxygens (including phenoxy) is 2. The van der Waals surface area contributed by atoms with Crippen molar-refractivity contribution < 1.29 is 23.5 Å². The Morgan fingerprint density at radius 3 is 2.81 bits per heavy atom. The molecule has 0 atom stereocenters. The molecule has 1 heterocycles. The van der Waals surface area contributed by atoms with E-state index in [4.69, 9.17) is 13.9 Å². The Morgan fingerprint density at radius 1 is 1.19 bits per heavy atom. The first-order valence-corrected chi connectivity index (χ1v) is 8.72. The lowest BCUT2D eigenvalue weighted by Gasteiger charge is -2.09. The fraction of sp³-hybridized carbons (Fsp3) is 0.421. The molecule has 1 aromatic heterocycles. The van der Waals surface area contributed by atoms with Gasteiger partial charge in [-0.05, 0) is 43.4 Å². The summed E-state index contributed by atoms with van der Waals surface area (Å²) in [5, 5.41) is 3.51. The number of hydrogen-bond acceptors (Lipinski definition) is 6. The van der Waals surface area contributed by atoms with Crippen molar-refractivity contribution in [3.05, 3.63) is 39.7 Å². The second-order valence-electron chi connectivity index (χ2n) is 6.16. The SMILES string of the molecule is CCCNC(=O)COC(=O)COc1ccc2c3c(c(=O)oc2c1)CCC3. The van der Waals surface area contributed by atoms with Crippen molar-refractivity contribution in [1.29, 1.82) is 0 Å². The highest BCUT2D eigenvalue weighted by molar-refractivity contribution is 5.83. The van der Waals surface area contributed by atoms with Crippen LogP contribution >= 0.6 is 0 Å². The van der Waals surface area contributed by atoms with E-state index in [1.165, 1.54) is 0 Å². The van der Waals surface area contributed by atoms with Crippen LogP contribution in [0.3, 0.4) is 0 Å². The van der Waals surface area contributed by atoms with Crippen LogP contribution in [0.25, 0.3) is 11.0 Å². The predicted octanol–water partition coefficient (Wildman–Crippen LogP) is 1.73. The Labute approximate surface area is 150 Å². The Bertz CT molecular complexity index is 885. The summed E-state index contributed by atoms with van der Waals surface area (Å²) in [5.74, 6) is -0.598. The largest absolute Gasteiger partial charge is 0.482 e. The van der Waals surface area contributed by atoms with Crippen LogP contribution in [0.1, 0.15) is 30.9 Å². The van der Waals surface area contributed by atoms with Crippen LogP contribution in [0.2, 0.25) is 0 Å². The van der Waals surface area contributed by atoms with Crippen molar-refractivity contribution in [1.82, 2.24) is 5.32 Å². The van der Waals surface area contributed by atoms with Crippen molar-refractivity contribution in [3.63, 3.8) is 0 Å². The van der Waals surface area contributed by atoms with E-state index in [1.807, 2.05) is 13.0 Å². The molecule has 0 saturated heterocycles. The molecular weight excluding hydrogens is 338 g/mol. The molecule has 7 heteroatoms. The van der Waals surface area contributed by atoms with Crippen molar-refractivity contribution in [3.8, 4) is 5.75 Å². The molecule has 1 aliphatic rings. The van der Waals surface area contributed by atoms with E-state index < -0.39 is 5.97 Å². The van der Waals surface area contributed by atoms with Gasteiger partial charge in [-0.15, -0.1) is 0 Å². The standard InChI is InChI=1S/C19H21NO6/c1-2-8-20-17(21)10-25-18(22)11-24-12-6-7-14-13-4-3-5-15(13)19(23)26-16(14)9-12/h6-7,9H,2-5,8,10-11H2,1H3,(H,20,21). The fourth-order valence-corrected chi connectivity index (χ4v) is 3.00. The van der Waals surface area contributed by atoms with Gasteiger partial charge in [-0.3, -0.25) is 4.79 Å². The molecule has 7 nitrogen and oxygen atoms in total. The molecule has 0 bridgehead atoms. The van der Waals surface area contributed by atoms with Crippen LogP contribution in [-0.4, -0.2) is 31.6 Å². The lowest BCUT2D eigenvalue weighted by molar-refractivity contribution is -0.150. The van der Waals surface area contributed by atoms with Crippen LogP contribution in [0.4, 0.5) is 0 Å². The number of fused-ring (bicyclic) bond motifs is 3. The van der Waals surface area contributed by atoms with E-state index in [2.05, 4.69) is 5.32 Å². The maximum absolute atomic E-state index is 12.0. The van der Waals surface area contributed by atoms with Gasteiger partial charge in [0.15, 0.2) is 13.2 Å². The smallest absolute Gasteiger partial charge is 0.344 e. The van der Waals surface area contributed by atoms with E-state index in [-0.39, 0.29) is 24.7 Å². The molecule has 1 amide bonds. The minimum absolute atomic E-state index is 0.306. The van der Waals surface area contributed by atoms with E-state index in [9.17, 15) is 14.4 Å². The van der Waals surface area contributed by atoms with E-state index in [1.54, 1.807) is 12.1 Å². The van der Waals surface area contributed by atoms with Crippen LogP contribution < -0.4 is 15.7 Å². The summed E-state index contributed by atoms with van der Waals surface area (Å²) in [5.41, 5.74) is 1.94. The third-order valence-electron chi connectivity index (χ3n) is 4.24. The number of carbonyl (C=O) groups is 2. The van der Waals surface area contributed by atoms with Gasteiger partial charge in [0.2, 0.25) is 0 Å². The summed E-state index contributed by atoms with van der Waals surface area (Å²) in [7, 11) is 0. The van der Waals surface area contributed by atoms with Crippen molar-refractivity contribution in [2.45, 2.75) is 32.6 Å². The Kier molecular flexibility index (Phi) is 5.55. The zero-order valence-electron chi connectivity index (χ0n) is 14.6. The summed E-state index contributed by atoms with van der Waals surface area (Å²) in [4.78, 5) is 35.1. The predicted molar refractivity (Wildman–Crippen MR) is 94.3 cm³/mol. The highest BCUT2D eigenvalue weighted by Crippen LogP contribution is 2.29. The number of amides is 1. The summed E-state index contributed by atoms with van der Waals surface area (Å²) < 4.78 is 15.6. The van der Waals surface area contributed by atoms with Crippen molar-refractivity contribution in [2.75, 3.05) is 19.8 Å². The Hall–Kier alpha value is -2.83. The van der Waals surface area contributed by atoms with Gasteiger partial charge in [-0.2, -0.15) is 0 Å². The number of nitrogens with one attached hydrogen (secondary N) is 1. The highest BCUT2D eigenvalue weighted by atomic mass is 16.6. The molecule has 26 heavy (non-hydrogen) atoms. The van der Waals surface area contributed by atoms with Gasteiger partial charge in [-0.1, -0.05) is 6.92 Å². The Balaban J connectivity index is 1.59. The lowest BCUT2D eigenvalue weighted by atomic mass is 10.1.